The Bertz CT molecular complexity index is 88.5. The minimum Gasteiger partial charge on any atom is -1.00 e. The summed E-state index contributed by atoms with van der Waals surface area (Å²) in [6, 6.07) is 1.78. The molecule has 0 saturated carbocycles. The van der Waals surface area contributed by atoms with Crippen LogP contribution in [-0.4, -0.2) is 33.0 Å². The second-order valence-electron chi connectivity index (χ2n) is 0.904. The summed E-state index contributed by atoms with van der Waals surface area (Å²) in [6.45, 7) is 0. The zero-order chi connectivity index (χ0) is 4.24. The van der Waals surface area contributed by atoms with Crippen LogP contribution in [0.3, 0.4) is 0 Å². The molecule has 0 unspecified atom stereocenters. The number of aromatic nitrogens is 2. The van der Waals surface area contributed by atoms with Gasteiger partial charge in [0.2, 0.25) is 0 Å². The third-order valence-electron chi connectivity index (χ3n) is 0.478. The molecule has 0 atom stereocenters. The van der Waals surface area contributed by atoms with E-state index >= 15 is 0 Å². The van der Waals surface area contributed by atoms with Crippen LogP contribution in [0.5, 0.6) is 0 Å². The van der Waals surface area contributed by atoms with Gasteiger partial charge in [-0.2, -0.15) is 0 Å². The van der Waals surface area contributed by atoms with Crippen LogP contribution in [0.1, 0.15) is 2.85 Å². The number of hydrogen-bond donors (Lipinski definition) is 0. The van der Waals surface area contributed by atoms with Crippen molar-refractivity contribution in [3.05, 3.63) is 24.8 Å². The van der Waals surface area contributed by atoms with Gasteiger partial charge < -0.3 is 2.85 Å². The predicted molar refractivity (Wildman–Crippen MR) is 30.0 cm³/mol. The SMILES string of the molecule is [H-].[H-].[Mg+2].c1cncnc1. The van der Waals surface area contributed by atoms with Crippen molar-refractivity contribution < 1.29 is 2.85 Å². The standard InChI is InChI=1S/C4H4N2.Mg.2H/c1-2-5-4-6-3-1;;;/h1-4H;;;/q;+2;2*-1. The molecule has 0 bridgehead atoms. The molecule has 0 spiro atoms. The zero-order valence-corrected chi connectivity index (χ0v) is 5.33. The van der Waals surface area contributed by atoms with Gasteiger partial charge in [0.15, 0.2) is 0 Å². The van der Waals surface area contributed by atoms with Crippen molar-refractivity contribution in [3.63, 3.8) is 0 Å². The van der Waals surface area contributed by atoms with E-state index in [0.29, 0.717) is 0 Å². The fourth-order valence-corrected chi connectivity index (χ4v) is 0.253. The molecule has 1 aromatic rings. The Hall–Kier alpha value is -0.154. The molecule has 3 heteroatoms. The first kappa shape index (κ1) is 6.85. The molecule has 7 heavy (non-hydrogen) atoms. The van der Waals surface area contributed by atoms with Crippen molar-refractivity contribution >= 4 is 23.1 Å². The maximum absolute atomic E-state index is 3.67. The van der Waals surface area contributed by atoms with E-state index in [1.165, 1.54) is 6.33 Å². The first-order chi connectivity index (χ1) is 3.00. The Morgan fingerprint density at radius 3 is 1.86 bits per heavy atom. The van der Waals surface area contributed by atoms with Gasteiger partial charge in [0, 0.05) is 12.4 Å². The van der Waals surface area contributed by atoms with Crippen LogP contribution < -0.4 is 0 Å². The van der Waals surface area contributed by atoms with Gasteiger partial charge in [0.25, 0.3) is 0 Å². The molecule has 0 aliphatic heterocycles. The van der Waals surface area contributed by atoms with Gasteiger partial charge in [-0.1, -0.05) is 0 Å². The second kappa shape index (κ2) is 4.02. The maximum Gasteiger partial charge on any atom is 2.00 e. The monoisotopic (exact) mass is 106 g/mol. The van der Waals surface area contributed by atoms with E-state index in [2.05, 4.69) is 9.97 Å². The van der Waals surface area contributed by atoms with Crippen molar-refractivity contribution in [2.24, 2.45) is 0 Å². The van der Waals surface area contributed by atoms with Gasteiger partial charge in [-0.05, 0) is 6.07 Å². The summed E-state index contributed by atoms with van der Waals surface area (Å²) >= 11 is 0. The summed E-state index contributed by atoms with van der Waals surface area (Å²) in [7, 11) is 0. The Balaban J connectivity index is -0.000000120. The third-order valence-corrected chi connectivity index (χ3v) is 0.478. The molecular weight excluding hydrogens is 100 g/mol. The summed E-state index contributed by atoms with van der Waals surface area (Å²) in [5.74, 6) is 0. The van der Waals surface area contributed by atoms with Crippen LogP contribution in [-0.2, 0) is 0 Å². The van der Waals surface area contributed by atoms with Gasteiger partial charge in [-0.15, -0.1) is 0 Å². The molecule has 0 saturated heterocycles. The zero-order valence-electron chi connectivity index (χ0n) is 5.91. The molecular formula is C4H6MgN2. The average molecular weight is 106 g/mol. The quantitative estimate of drug-likeness (QED) is 0.445. The van der Waals surface area contributed by atoms with Crippen molar-refractivity contribution in [3.8, 4) is 0 Å². The molecule has 0 N–H and O–H groups in total. The van der Waals surface area contributed by atoms with E-state index in [-0.39, 0.29) is 25.9 Å². The van der Waals surface area contributed by atoms with E-state index in [1.807, 2.05) is 0 Å². The van der Waals surface area contributed by atoms with Crippen molar-refractivity contribution in [1.82, 2.24) is 9.97 Å². The number of rotatable bonds is 0. The molecule has 1 rings (SSSR count). The minimum absolute atomic E-state index is 0. The van der Waals surface area contributed by atoms with Crippen molar-refractivity contribution in [2.75, 3.05) is 0 Å². The summed E-state index contributed by atoms with van der Waals surface area (Å²) < 4.78 is 0. The van der Waals surface area contributed by atoms with E-state index in [9.17, 15) is 0 Å². The average Bonchev–Trinajstić information content (AvgIpc) is 1.72. The van der Waals surface area contributed by atoms with Crippen LogP contribution in [0, 0.1) is 0 Å². The molecule has 0 amide bonds. The summed E-state index contributed by atoms with van der Waals surface area (Å²) in [4.78, 5) is 7.35. The van der Waals surface area contributed by atoms with Gasteiger partial charge in [0.1, 0.15) is 6.33 Å². The van der Waals surface area contributed by atoms with Crippen LogP contribution in [0.2, 0.25) is 0 Å². The maximum atomic E-state index is 3.67. The van der Waals surface area contributed by atoms with Crippen LogP contribution in [0.25, 0.3) is 0 Å². The third kappa shape index (κ3) is 2.53. The second-order valence-corrected chi connectivity index (χ2v) is 0.904. The minimum atomic E-state index is 0. The fraction of sp³-hybridized carbons (Fsp3) is 0. The molecule has 2 nitrogen and oxygen atoms in total. The van der Waals surface area contributed by atoms with Crippen molar-refractivity contribution in [1.29, 1.82) is 0 Å². The molecule has 0 aromatic carbocycles. The molecule has 0 fully saturated rings. The Morgan fingerprint density at radius 1 is 1.14 bits per heavy atom. The molecule has 0 radical (unpaired) electrons. The topological polar surface area (TPSA) is 25.8 Å². The number of nitrogens with zero attached hydrogens (tertiary/aromatic N) is 2. The first-order valence-electron chi connectivity index (χ1n) is 1.70. The van der Waals surface area contributed by atoms with Crippen LogP contribution in [0.4, 0.5) is 0 Å². The molecule has 1 heterocycles. The van der Waals surface area contributed by atoms with Crippen molar-refractivity contribution in [2.45, 2.75) is 0 Å². The Morgan fingerprint density at radius 2 is 1.71 bits per heavy atom. The predicted octanol–water partition coefficient (Wildman–Crippen LogP) is 0.321. The largest absolute Gasteiger partial charge is 2.00 e. The fourth-order valence-electron chi connectivity index (χ4n) is 0.253. The molecule has 0 aliphatic carbocycles. The molecule has 34 valence electrons. The van der Waals surface area contributed by atoms with Gasteiger partial charge in [-0.3, -0.25) is 0 Å². The van der Waals surface area contributed by atoms with Gasteiger partial charge in [0.05, 0.1) is 0 Å². The summed E-state index contributed by atoms with van der Waals surface area (Å²) in [5.41, 5.74) is 0. The Labute approximate surface area is 61.1 Å². The molecule has 0 aliphatic rings. The normalized spacial score (nSPS) is 6.86. The summed E-state index contributed by atoms with van der Waals surface area (Å²) in [5, 5.41) is 0. The number of hydrogen-bond acceptors (Lipinski definition) is 2. The van der Waals surface area contributed by atoms with Gasteiger partial charge >= 0.3 is 23.1 Å². The smallest absolute Gasteiger partial charge is 1.00 e. The van der Waals surface area contributed by atoms with Gasteiger partial charge in [-0.25, -0.2) is 9.97 Å². The van der Waals surface area contributed by atoms with E-state index in [1.54, 1.807) is 18.5 Å². The van der Waals surface area contributed by atoms with E-state index in [0.717, 1.165) is 0 Å². The van der Waals surface area contributed by atoms with E-state index < -0.39 is 0 Å². The van der Waals surface area contributed by atoms with Crippen LogP contribution >= 0.6 is 0 Å². The van der Waals surface area contributed by atoms with E-state index in [4.69, 9.17) is 0 Å². The van der Waals surface area contributed by atoms with Crippen LogP contribution in [0.15, 0.2) is 24.8 Å². The molecule has 1 aromatic heterocycles. The first-order valence-corrected chi connectivity index (χ1v) is 1.70. The summed E-state index contributed by atoms with van der Waals surface area (Å²) in [6.07, 6.45) is 4.88. The Kier molecular flexibility index (Phi) is 3.93.